The number of anilines is 1. The van der Waals surface area contributed by atoms with Crippen LogP contribution in [0.3, 0.4) is 0 Å². The Kier molecular flexibility index (Phi) is 4.07. The Bertz CT molecular complexity index is 604. The van der Waals surface area contributed by atoms with E-state index >= 15 is 0 Å². The van der Waals surface area contributed by atoms with Crippen molar-refractivity contribution < 1.29 is 4.74 Å². The van der Waals surface area contributed by atoms with Crippen LogP contribution in [0.2, 0.25) is 10.3 Å². The van der Waals surface area contributed by atoms with E-state index in [2.05, 4.69) is 15.0 Å². The molecule has 0 N–H and O–H groups in total. The van der Waals surface area contributed by atoms with E-state index in [9.17, 15) is 0 Å². The highest BCUT2D eigenvalue weighted by molar-refractivity contribution is 6.32. The summed E-state index contributed by atoms with van der Waals surface area (Å²) in [5.74, 6) is 0.896. The van der Waals surface area contributed by atoms with E-state index in [-0.39, 0.29) is 11.3 Å². The van der Waals surface area contributed by atoms with Crippen molar-refractivity contribution >= 4 is 29.2 Å². The molecule has 0 aliphatic carbocycles. The Morgan fingerprint density at radius 2 is 1.84 bits per heavy atom. The zero-order valence-electron chi connectivity index (χ0n) is 10.7. The number of aryl methyl sites for hydroxylation is 1. The summed E-state index contributed by atoms with van der Waals surface area (Å²) in [5.41, 5.74) is 1.02. The minimum Gasteiger partial charge on any atom is -0.423 e. The summed E-state index contributed by atoms with van der Waals surface area (Å²) in [5, 5.41) is 0.547. The first kappa shape index (κ1) is 13.8. The molecule has 2 aromatic rings. The van der Waals surface area contributed by atoms with Gasteiger partial charge in [0.2, 0.25) is 11.2 Å². The second kappa shape index (κ2) is 5.59. The fraction of sp³-hybridized carbons (Fsp3) is 0.250. The molecule has 1 aromatic carbocycles. The van der Waals surface area contributed by atoms with E-state index in [4.69, 9.17) is 27.9 Å². The van der Waals surface area contributed by atoms with Gasteiger partial charge in [-0.3, -0.25) is 0 Å². The van der Waals surface area contributed by atoms with Crippen molar-refractivity contribution in [3.05, 3.63) is 34.1 Å². The van der Waals surface area contributed by atoms with Gasteiger partial charge in [0.25, 0.3) is 0 Å². The molecular weight excluding hydrogens is 287 g/mol. The molecule has 0 atom stereocenters. The van der Waals surface area contributed by atoms with Crippen molar-refractivity contribution in [1.29, 1.82) is 0 Å². The van der Waals surface area contributed by atoms with Gasteiger partial charge in [-0.25, -0.2) is 0 Å². The number of aromatic nitrogens is 3. The Hall–Kier alpha value is -1.59. The maximum atomic E-state index is 6.05. The Balaban J connectivity index is 2.35. The first-order valence-electron chi connectivity index (χ1n) is 5.48. The number of benzene rings is 1. The van der Waals surface area contributed by atoms with Crippen molar-refractivity contribution in [3.8, 4) is 11.8 Å². The molecule has 19 heavy (non-hydrogen) atoms. The van der Waals surface area contributed by atoms with Crippen LogP contribution in [-0.4, -0.2) is 29.0 Å². The Morgan fingerprint density at radius 1 is 1.11 bits per heavy atom. The number of nitrogens with zero attached hydrogens (tertiary/aromatic N) is 4. The maximum absolute atomic E-state index is 6.05. The number of hydrogen-bond acceptors (Lipinski definition) is 5. The molecule has 0 aliphatic heterocycles. The summed E-state index contributed by atoms with van der Waals surface area (Å²) in [4.78, 5) is 13.7. The fourth-order valence-corrected chi connectivity index (χ4v) is 1.66. The van der Waals surface area contributed by atoms with Crippen molar-refractivity contribution in [1.82, 2.24) is 15.0 Å². The van der Waals surface area contributed by atoms with Crippen molar-refractivity contribution in [2.24, 2.45) is 0 Å². The molecule has 0 radical (unpaired) electrons. The standard InChI is InChI=1S/C12H12Cl2N4O/c1-7-4-5-8(13)9(6-7)19-12-16-10(14)15-11(17-12)18(2)3/h4-6H,1-3H3. The molecule has 7 heteroatoms. The summed E-state index contributed by atoms with van der Waals surface area (Å²) in [6.45, 7) is 1.94. The normalized spacial score (nSPS) is 10.4. The predicted octanol–water partition coefficient (Wildman–Crippen LogP) is 3.35. The molecule has 0 amide bonds. The van der Waals surface area contributed by atoms with E-state index in [1.807, 2.05) is 13.0 Å². The van der Waals surface area contributed by atoms with E-state index in [0.717, 1.165) is 5.56 Å². The smallest absolute Gasteiger partial charge is 0.328 e. The maximum Gasteiger partial charge on any atom is 0.328 e. The van der Waals surface area contributed by atoms with Crippen molar-refractivity contribution in [3.63, 3.8) is 0 Å². The van der Waals surface area contributed by atoms with Crippen LogP contribution in [0.1, 0.15) is 5.56 Å². The molecule has 2 rings (SSSR count). The lowest BCUT2D eigenvalue weighted by Gasteiger charge is -2.11. The molecule has 0 saturated heterocycles. The van der Waals surface area contributed by atoms with E-state index < -0.39 is 0 Å². The molecule has 0 saturated carbocycles. The van der Waals surface area contributed by atoms with E-state index in [0.29, 0.717) is 16.7 Å². The largest absolute Gasteiger partial charge is 0.423 e. The van der Waals surface area contributed by atoms with Gasteiger partial charge in [-0.15, -0.1) is 0 Å². The minimum absolute atomic E-state index is 0.0671. The van der Waals surface area contributed by atoms with Gasteiger partial charge in [-0.05, 0) is 36.2 Å². The third-order valence-corrected chi connectivity index (χ3v) is 2.75. The van der Waals surface area contributed by atoms with Gasteiger partial charge >= 0.3 is 6.01 Å². The molecule has 1 heterocycles. The number of halogens is 2. The summed E-state index contributed by atoms with van der Waals surface area (Å²) in [7, 11) is 3.60. The molecular formula is C12H12Cl2N4O. The van der Waals surface area contributed by atoms with Gasteiger partial charge in [-0.1, -0.05) is 17.7 Å². The summed E-state index contributed by atoms with van der Waals surface area (Å²) < 4.78 is 5.56. The molecule has 0 bridgehead atoms. The second-order valence-electron chi connectivity index (χ2n) is 4.12. The molecule has 100 valence electrons. The van der Waals surface area contributed by atoms with Crippen LogP contribution in [0.4, 0.5) is 5.95 Å². The van der Waals surface area contributed by atoms with Crippen molar-refractivity contribution in [2.75, 3.05) is 19.0 Å². The highest BCUT2D eigenvalue weighted by atomic mass is 35.5. The van der Waals surface area contributed by atoms with E-state index in [1.54, 1.807) is 31.1 Å². The van der Waals surface area contributed by atoms with Crippen LogP contribution in [-0.2, 0) is 0 Å². The first-order chi connectivity index (χ1) is 8.95. The Morgan fingerprint density at radius 3 is 2.53 bits per heavy atom. The monoisotopic (exact) mass is 298 g/mol. The second-order valence-corrected chi connectivity index (χ2v) is 4.86. The minimum atomic E-state index is 0.0671. The molecule has 0 aliphatic rings. The van der Waals surface area contributed by atoms with Gasteiger partial charge < -0.3 is 9.64 Å². The lowest BCUT2D eigenvalue weighted by molar-refractivity contribution is 0.439. The summed E-state index contributed by atoms with van der Waals surface area (Å²) in [6.07, 6.45) is 0. The topological polar surface area (TPSA) is 51.1 Å². The zero-order valence-corrected chi connectivity index (χ0v) is 12.2. The highest BCUT2D eigenvalue weighted by Crippen LogP contribution is 2.29. The van der Waals surface area contributed by atoms with Crippen LogP contribution in [0.5, 0.6) is 11.8 Å². The lowest BCUT2D eigenvalue weighted by atomic mass is 10.2. The molecule has 0 spiro atoms. The molecule has 0 unspecified atom stereocenters. The van der Waals surface area contributed by atoms with Gasteiger partial charge in [-0.2, -0.15) is 15.0 Å². The quantitative estimate of drug-likeness (QED) is 0.870. The van der Waals surface area contributed by atoms with Gasteiger partial charge in [0.1, 0.15) is 5.75 Å². The number of rotatable bonds is 3. The average molecular weight is 299 g/mol. The van der Waals surface area contributed by atoms with Crippen LogP contribution >= 0.6 is 23.2 Å². The van der Waals surface area contributed by atoms with Crippen LogP contribution < -0.4 is 9.64 Å². The molecule has 1 aromatic heterocycles. The third-order valence-electron chi connectivity index (χ3n) is 2.26. The van der Waals surface area contributed by atoms with Gasteiger partial charge in [0.05, 0.1) is 5.02 Å². The van der Waals surface area contributed by atoms with Crippen LogP contribution in [0.15, 0.2) is 18.2 Å². The van der Waals surface area contributed by atoms with Gasteiger partial charge in [0, 0.05) is 14.1 Å². The number of ether oxygens (including phenoxy) is 1. The lowest BCUT2D eigenvalue weighted by Crippen LogP contribution is -2.13. The van der Waals surface area contributed by atoms with Crippen LogP contribution in [0.25, 0.3) is 0 Å². The summed E-state index contributed by atoms with van der Waals surface area (Å²) in [6, 6.07) is 5.55. The first-order valence-corrected chi connectivity index (χ1v) is 6.24. The van der Waals surface area contributed by atoms with Gasteiger partial charge in [0.15, 0.2) is 0 Å². The van der Waals surface area contributed by atoms with E-state index in [1.165, 1.54) is 0 Å². The summed E-state index contributed by atoms with van der Waals surface area (Å²) >= 11 is 11.9. The molecule has 5 nitrogen and oxygen atoms in total. The molecule has 0 fully saturated rings. The Labute approximate surface area is 121 Å². The SMILES string of the molecule is Cc1ccc(Cl)c(Oc2nc(Cl)nc(N(C)C)n2)c1. The number of hydrogen-bond donors (Lipinski definition) is 0. The zero-order chi connectivity index (χ0) is 14.0. The third kappa shape index (κ3) is 3.45. The average Bonchev–Trinajstić information content (AvgIpc) is 2.33. The van der Waals surface area contributed by atoms with Crippen LogP contribution in [0, 0.1) is 6.92 Å². The van der Waals surface area contributed by atoms with Crippen molar-refractivity contribution in [2.45, 2.75) is 6.92 Å². The highest BCUT2D eigenvalue weighted by Gasteiger charge is 2.10. The fourth-order valence-electron chi connectivity index (χ4n) is 1.35. The predicted molar refractivity (Wildman–Crippen MR) is 75.4 cm³/mol.